The molecule has 0 aliphatic carbocycles. The van der Waals surface area contributed by atoms with Crippen molar-refractivity contribution < 1.29 is 4.79 Å². The second-order valence-electron chi connectivity index (χ2n) is 4.94. The van der Waals surface area contributed by atoms with Gasteiger partial charge in [0, 0.05) is 36.0 Å². The van der Waals surface area contributed by atoms with Gasteiger partial charge in [-0.15, -0.1) is 0 Å². The Kier molecular flexibility index (Phi) is 5.34. The lowest BCUT2D eigenvalue weighted by atomic mass is 10.2. The minimum absolute atomic E-state index is 0.0735. The lowest BCUT2D eigenvalue weighted by Gasteiger charge is -2.25. The van der Waals surface area contributed by atoms with E-state index in [9.17, 15) is 4.79 Å². The van der Waals surface area contributed by atoms with Crippen molar-refractivity contribution in [2.45, 2.75) is 32.2 Å². The van der Waals surface area contributed by atoms with Gasteiger partial charge >= 0.3 is 0 Å². The van der Waals surface area contributed by atoms with Crippen LogP contribution in [0.25, 0.3) is 0 Å². The second-order valence-corrected chi connectivity index (χ2v) is 5.85. The Morgan fingerprint density at radius 3 is 3.05 bits per heavy atom. The topological polar surface area (TPSA) is 45.2 Å². The van der Waals surface area contributed by atoms with Crippen LogP contribution in [0.15, 0.2) is 22.9 Å². The standard InChI is InChI=1S/C14H20BrN3O/c1-2-6-18(10-13-4-3-5-17-13)14(19)11-7-12(15)9-16-8-11/h7-9,13,17H,2-6,10H2,1H3. The van der Waals surface area contributed by atoms with Crippen LogP contribution in [-0.2, 0) is 0 Å². The van der Waals surface area contributed by atoms with Gasteiger partial charge in [0.2, 0.25) is 0 Å². The molecule has 1 atom stereocenters. The summed E-state index contributed by atoms with van der Waals surface area (Å²) in [5, 5.41) is 3.44. The van der Waals surface area contributed by atoms with Crippen molar-refractivity contribution in [1.29, 1.82) is 0 Å². The van der Waals surface area contributed by atoms with Gasteiger partial charge in [0.1, 0.15) is 0 Å². The molecule has 0 saturated carbocycles. The lowest BCUT2D eigenvalue weighted by Crippen LogP contribution is -2.41. The summed E-state index contributed by atoms with van der Waals surface area (Å²) >= 11 is 3.36. The summed E-state index contributed by atoms with van der Waals surface area (Å²) < 4.78 is 0.841. The van der Waals surface area contributed by atoms with E-state index in [1.807, 2.05) is 11.0 Å². The molecular weight excluding hydrogens is 306 g/mol. The number of rotatable bonds is 5. The third-order valence-electron chi connectivity index (χ3n) is 3.34. The van der Waals surface area contributed by atoms with Crippen LogP contribution < -0.4 is 5.32 Å². The van der Waals surface area contributed by atoms with Crippen molar-refractivity contribution in [3.05, 3.63) is 28.5 Å². The van der Waals surface area contributed by atoms with E-state index in [4.69, 9.17) is 0 Å². The maximum Gasteiger partial charge on any atom is 0.255 e. The number of halogens is 1. The zero-order chi connectivity index (χ0) is 13.7. The highest BCUT2D eigenvalue weighted by molar-refractivity contribution is 9.10. The van der Waals surface area contributed by atoms with E-state index in [0.717, 1.165) is 36.9 Å². The monoisotopic (exact) mass is 325 g/mol. The first-order valence-corrected chi connectivity index (χ1v) is 7.63. The molecule has 19 heavy (non-hydrogen) atoms. The molecule has 5 heteroatoms. The molecule has 1 N–H and O–H groups in total. The largest absolute Gasteiger partial charge is 0.337 e. The van der Waals surface area contributed by atoms with Crippen molar-refractivity contribution in [1.82, 2.24) is 15.2 Å². The number of carbonyl (C=O) groups excluding carboxylic acids is 1. The first-order chi connectivity index (χ1) is 9.20. The van der Waals surface area contributed by atoms with E-state index in [-0.39, 0.29) is 5.91 Å². The van der Waals surface area contributed by atoms with E-state index in [1.54, 1.807) is 12.4 Å². The molecule has 1 aromatic heterocycles. The molecule has 0 spiro atoms. The van der Waals surface area contributed by atoms with Gasteiger partial charge in [-0.1, -0.05) is 6.92 Å². The molecule has 1 aliphatic heterocycles. The summed E-state index contributed by atoms with van der Waals surface area (Å²) in [6, 6.07) is 2.27. The third kappa shape index (κ3) is 4.01. The quantitative estimate of drug-likeness (QED) is 0.904. The fraction of sp³-hybridized carbons (Fsp3) is 0.571. The Morgan fingerprint density at radius 1 is 1.58 bits per heavy atom. The highest BCUT2D eigenvalue weighted by Gasteiger charge is 2.22. The summed E-state index contributed by atoms with van der Waals surface area (Å²) in [7, 11) is 0. The molecule has 1 aromatic rings. The first kappa shape index (κ1) is 14.5. The van der Waals surface area contributed by atoms with Gasteiger partial charge in [-0.25, -0.2) is 0 Å². The van der Waals surface area contributed by atoms with Gasteiger partial charge in [0.15, 0.2) is 0 Å². The Hall–Kier alpha value is -0.940. The SMILES string of the molecule is CCCN(CC1CCCN1)C(=O)c1cncc(Br)c1. The van der Waals surface area contributed by atoms with Crippen molar-refractivity contribution in [2.24, 2.45) is 0 Å². The highest BCUT2D eigenvalue weighted by Crippen LogP contribution is 2.14. The summed E-state index contributed by atoms with van der Waals surface area (Å²) in [6.45, 7) is 4.75. The maximum atomic E-state index is 12.5. The number of pyridine rings is 1. The number of nitrogens with zero attached hydrogens (tertiary/aromatic N) is 2. The molecule has 2 heterocycles. The minimum atomic E-state index is 0.0735. The van der Waals surface area contributed by atoms with E-state index < -0.39 is 0 Å². The van der Waals surface area contributed by atoms with Crippen LogP contribution in [0.1, 0.15) is 36.5 Å². The minimum Gasteiger partial charge on any atom is -0.337 e. The van der Waals surface area contributed by atoms with Gasteiger partial charge in [-0.05, 0) is 47.8 Å². The van der Waals surface area contributed by atoms with Gasteiger partial charge in [0.05, 0.1) is 5.56 Å². The van der Waals surface area contributed by atoms with Crippen LogP contribution in [0.5, 0.6) is 0 Å². The number of amides is 1. The van der Waals surface area contributed by atoms with Gasteiger partial charge in [0.25, 0.3) is 5.91 Å². The zero-order valence-corrected chi connectivity index (χ0v) is 12.8. The molecule has 0 aromatic carbocycles. The Morgan fingerprint density at radius 2 is 2.42 bits per heavy atom. The molecule has 2 rings (SSSR count). The van der Waals surface area contributed by atoms with Crippen LogP contribution in [0, 0.1) is 0 Å². The molecule has 1 amide bonds. The maximum absolute atomic E-state index is 12.5. The van der Waals surface area contributed by atoms with Crippen LogP contribution in [0.3, 0.4) is 0 Å². The average Bonchev–Trinajstić information content (AvgIpc) is 2.90. The van der Waals surface area contributed by atoms with Crippen molar-refractivity contribution in [2.75, 3.05) is 19.6 Å². The van der Waals surface area contributed by atoms with Crippen molar-refractivity contribution >= 4 is 21.8 Å². The molecule has 0 radical (unpaired) electrons. The predicted molar refractivity (Wildman–Crippen MR) is 79.2 cm³/mol. The number of nitrogens with one attached hydrogen (secondary N) is 1. The molecular formula is C14H20BrN3O. The Bertz CT molecular complexity index is 432. The van der Waals surface area contributed by atoms with Crippen molar-refractivity contribution in [3.8, 4) is 0 Å². The molecule has 104 valence electrons. The predicted octanol–water partition coefficient (Wildman–Crippen LogP) is 2.45. The van der Waals surface area contributed by atoms with Crippen LogP contribution in [-0.4, -0.2) is 41.5 Å². The number of hydrogen-bond donors (Lipinski definition) is 1. The highest BCUT2D eigenvalue weighted by atomic mass is 79.9. The van der Waals surface area contributed by atoms with Crippen LogP contribution in [0.2, 0.25) is 0 Å². The summed E-state index contributed by atoms with van der Waals surface area (Å²) in [6.07, 6.45) is 6.67. The molecule has 0 bridgehead atoms. The second kappa shape index (κ2) is 7.01. The zero-order valence-electron chi connectivity index (χ0n) is 11.2. The number of hydrogen-bond acceptors (Lipinski definition) is 3. The average molecular weight is 326 g/mol. The number of carbonyl (C=O) groups is 1. The molecule has 1 fully saturated rings. The summed E-state index contributed by atoms with van der Waals surface area (Å²) in [5.74, 6) is 0.0735. The van der Waals surface area contributed by atoms with E-state index in [1.165, 1.54) is 6.42 Å². The molecule has 4 nitrogen and oxygen atoms in total. The lowest BCUT2D eigenvalue weighted by molar-refractivity contribution is 0.0741. The van der Waals surface area contributed by atoms with Gasteiger partial charge in [-0.3, -0.25) is 9.78 Å². The van der Waals surface area contributed by atoms with E-state index in [2.05, 4.69) is 33.2 Å². The van der Waals surface area contributed by atoms with Crippen LogP contribution in [0.4, 0.5) is 0 Å². The Balaban J connectivity index is 2.06. The van der Waals surface area contributed by atoms with E-state index >= 15 is 0 Å². The third-order valence-corrected chi connectivity index (χ3v) is 3.77. The smallest absolute Gasteiger partial charge is 0.255 e. The van der Waals surface area contributed by atoms with Crippen molar-refractivity contribution in [3.63, 3.8) is 0 Å². The fourth-order valence-corrected chi connectivity index (χ4v) is 2.80. The summed E-state index contributed by atoms with van der Waals surface area (Å²) in [4.78, 5) is 18.5. The van der Waals surface area contributed by atoms with Gasteiger partial charge < -0.3 is 10.2 Å². The molecule has 1 saturated heterocycles. The molecule has 1 aliphatic rings. The fourth-order valence-electron chi connectivity index (χ4n) is 2.44. The Labute approximate surface area is 122 Å². The van der Waals surface area contributed by atoms with E-state index in [0.29, 0.717) is 11.6 Å². The van der Waals surface area contributed by atoms with Crippen LogP contribution >= 0.6 is 15.9 Å². The van der Waals surface area contributed by atoms with Gasteiger partial charge in [-0.2, -0.15) is 0 Å². The molecule has 1 unspecified atom stereocenters. The normalized spacial score (nSPS) is 18.5. The number of aromatic nitrogens is 1. The summed E-state index contributed by atoms with van der Waals surface area (Å²) in [5.41, 5.74) is 0.654. The first-order valence-electron chi connectivity index (χ1n) is 6.84.